The molecule has 3 unspecified atom stereocenters. The first-order valence-corrected chi connectivity index (χ1v) is 8.02. The van der Waals surface area contributed by atoms with Gasteiger partial charge in [-0.05, 0) is 32.1 Å². The van der Waals surface area contributed by atoms with Crippen LogP contribution in [0.2, 0.25) is 0 Å². The van der Waals surface area contributed by atoms with Crippen molar-refractivity contribution in [3.63, 3.8) is 0 Å². The summed E-state index contributed by atoms with van der Waals surface area (Å²) in [7, 11) is 0. The summed E-state index contributed by atoms with van der Waals surface area (Å²) in [6, 6.07) is -0.286. The van der Waals surface area contributed by atoms with Crippen LogP contribution in [0, 0.1) is 5.92 Å². The maximum atomic E-state index is 12.8. The van der Waals surface area contributed by atoms with E-state index >= 15 is 0 Å². The molecule has 116 valence electrons. The number of hydrogen-bond donors (Lipinski definition) is 1. The number of nitrogens with one attached hydrogen (secondary N) is 1. The number of carbonyl (C=O) groups excluding carboxylic acids is 2. The topological polar surface area (TPSA) is 49.4 Å². The van der Waals surface area contributed by atoms with Crippen LogP contribution in [0.25, 0.3) is 0 Å². The Morgan fingerprint density at radius 1 is 1.25 bits per heavy atom. The summed E-state index contributed by atoms with van der Waals surface area (Å²) in [5.41, 5.74) is -0.729. The van der Waals surface area contributed by atoms with Crippen LogP contribution in [0.1, 0.15) is 66.7 Å². The van der Waals surface area contributed by atoms with Gasteiger partial charge < -0.3 is 10.2 Å². The fourth-order valence-electron chi connectivity index (χ4n) is 2.94. The van der Waals surface area contributed by atoms with E-state index in [2.05, 4.69) is 26.1 Å². The van der Waals surface area contributed by atoms with Gasteiger partial charge in [0, 0.05) is 6.54 Å². The number of piperazine rings is 1. The molecule has 0 aromatic rings. The lowest BCUT2D eigenvalue weighted by Crippen LogP contribution is -2.69. The van der Waals surface area contributed by atoms with Crippen molar-refractivity contribution in [1.82, 2.24) is 10.2 Å². The predicted molar refractivity (Wildman–Crippen MR) is 81.3 cm³/mol. The Kier molecular flexibility index (Phi) is 6.03. The smallest absolute Gasteiger partial charge is 0.248 e. The minimum Gasteiger partial charge on any atom is -0.340 e. The Morgan fingerprint density at radius 2 is 1.90 bits per heavy atom. The zero-order valence-electron chi connectivity index (χ0n) is 13.7. The molecule has 0 spiro atoms. The molecule has 1 saturated heterocycles. The molecular formula is C16H30N2O2. The maximum Gasteiger partial charge on any atom is 0.248 e. The van der Waals surface area contributed by atoms with Gasteiger partial charge >= 0.3 is 0 Å². The van der Waals surface area contributed by atoms with Crippen molar-refractivity contribution in [2.45, 2.75) is 78.3 Å². The number of carbonyl (C=O) groups is 2. The summed E-state index contributed by atoms with van der Waals surface area (Å²) < 4.78 is 0. The molecule has 0 aromatic heterocycles. The lowest BCUT2D eigenvalue weighted by Gasteiger charge is -2.45. The van der Waals surface area contributed by atoms with Gasteiger partial charge in [-0.25, -0.2) is 0 Å². The molecule has 20 heavy (non-hydrogen) atoms. The van der Waals surface area contributed by atoms with E-state index in [9.17, 15) is 9.59 Å². The van der Waals surface area contributed by atoms with Gasteiger partial charge in [0.2, 0.25) is 11.8 Å². The van der Waals surface area contributed by atoms with Gasteiger partial charge in [-0.1, -0.05) is 40.5 Å². The summed E-state index contributed by atoms with van der Waals surface area (Å²) in [5.74, 6) is 0.538. The maximum absolute atomic E-state index is 12.8. The molecule has 1 aliphatic rings. The quantitative estimate of drug-likeness (QED) is 0.780. The van der Waals surface area contributed by atoms with Gasteiger partial charge in [0.05, 0.1) is 0 Å². The van der Waals surface area contributed by atoms with Crippen LogP contribution in [0.15, 0.2) is 0 Å². The third kappa shape index (κ3) is 3.53. The minimum absolute atomic E-state index is 0.0134. The van der Waals surface area contributed by atoms with E-state index in [-0.39, 0.29) is 17.9 Å². The second kappa shape index (κ2) is 7.09. The first-order valence-electron chi connectivity index (χ1n) is 8.02. The molecule has 4 heteroatoms. The fraction of sp³-hybridized carbons (Fsp3) is 0.875. The van der Waals surface area contributed by atoms with E-state index in [1.807, 2.05) is 18.7 Å². The Hall–Kier alpha value is -1.06. The number of hydrogen-bond acceptors (Lipinski definition) is 2. The molecule has 3 atom stereocenters. The van der Waals surface area contributed by atoms with Crippen molar-refractivity contribution in [2.75, 3.05) is 6.54 Å². The van der Waals surface area contributed by atoms with E-state index in [4.69, 9.17) is 0 Å². The Labute approximate surface area is 123 Å². The highest BCUT2D eigenvalue weighted by molar-refractivity contribution is 5.99. The second-order valence-electron chi connectivity index (χ2n) is 6.33. The average molecular weight is 282 g/mol. The summed E-state index contributed by atoms with van der Waals surface area (Å²) >= 11 is 0. The van der Waals surface area contributed by atoms with Crippen LogP contribution in [-0.2, 0) is 9.59 Å². The van der Waals surface area contributed by atoms with Crippen LogP contribution in [0.4, 0.5) is 0 Å². The van der Waals surface area contributed by atoms with Crippen LogP contribution in [-0.4, -0.2) is 34.8 Å². The summed E-state index contributed by atoms with van der Waals surface area (Å²) in [6.45, 7) is 10.9. The largest absolute Gasteiger partial charge is 0.340 e. The Bertz CT molecular complexity index is 356. The molecule has 0 aromatic carbocycles. The van der Waals surface area contributed by atoms with Crippen molar-refractivity contribution >= 4 is 11.8 Å². The van der Waals surface area contributed by atoms with Gasteiger partial charge in [0.1, 0.15) is 11.6 Å². The van der Waals surface area contributed by atoms with Gasteiger partial charge in [-0.3, -0.25) is 9.59 Å². The molecular weight excluding hydrogens is 252 g/mol. The SMILES string of the molecule is CCCC(C)CN1C(=O)C(C)(CC)NC(=O)C1CCC. The zero-order valence-corrected chi connectivity index (χ0v) is 13.7. The fourth-order valence-corrected chi connectivity index (χ4v) is 2.94. The van der Waals surface area contributed by atoms with E-state index in [0.717, 1.165) is 25.7 Å². The van der Waals surface area contributed by atoms with Crippen molar-refractivity contribution in [3.05, 3.63) is 0 Å². The summed E-state index contributed by atoms with van der Waals surface area (Å²) in [4.78, 5) is 26.9. The number of nitrogens with zero attached hydrogens (tertiary/aromatic N) is 1. The molecule has 0 aliphatic carbocycles. The number of amides is 2. The normalized spacial score (nSPS) is 28.4. The van der Waals surface area contributed by atoms with Gasteiger partial charge in [-0.15, -0.1) is 0 Å². The minimum atomic E-state index is -0.729. The first-order chi connectivity index (χ1) is 9.39. The van der Waals surface area contributed by atoms with E-state index in [1.54, 1.807) is 0 Å². The van der Waals surface area contributed by atoms with E-state index < -0.39 is 5.54 Å². The van der Waals surface area contributed by atoms with E-state index in [0.29, 0.717) is 18.9 Å². The molecule has 0 radical (unpaired) electrons. The summed E-state index contributed by atoms with van der Waals surface area (Å²) in [5, 5.41) is 2.93. The highest BCUT2D eigenvalue weighted by Crippen LogP contribution is 2.25. The van der Waals surface area contributed by atoms with Crippen molar-refractivity contribution in [1.29, 1.82) is 0 Å². The first kappa shape index (κ1) is 17.0. The highest BCUT2D eigenvalue weighted by Gasteiger charge is 2.46. The monoisotopic (exact) mass is 282 g/mol. The van der Waals surface area contributed by atoms with E-state index in [1.165, 1.54) is 0 Å². The third-order valence-corrected chi connectivity index (χ3v) is 4.37. The van der Waals surface area contributed by atoms with Crippen LogP contribution in [0.5, 0.6) is 0 Å². The average Bonchev–Trinajstić information content (AvgIpc) is 2.40. The third-order valence-electron chi connectivity index (χ3n) is 4.37. The second-order valence-corrected chi connectivity index (χ2v) is 6.33. The molecule has 1 fully saturated rings. The van der Waals surface area contributed by atoms with Gasteiger partial charge in [-0.2, -0.15) is 0 Å². The lowest BCUT2D eigenvalue weighted by molar-refractivity contribution is -0.155. The Balaban J connectivity index is 2.95. The molecule has 1 heterocycles. The predicted octanol–water partition coefficient (Wildman–Crippen LogP) is 2.72. The molecule has 4 nitrogen and oxygen atoms in total. The van der Waals surface area contributed by atoms with Crippen molar-refractivity contribution < 1.29 is 9.59 Å². The molecule has 1 aliphatic heterocycles. The Morgan fingerprint density at radius 3 is 2.40 bits per heavy atom. The molecule has 0 saturated carbocycles. The molecule has 0 bridgehead atoms. The zero-order chi connectivity index (χ0) is 15.3. The van der Waals surface area contributed by atoms with Gasteiger partial charge in [0.15, 0.2) is 0 Å². The van der Waals surface area contributed by atoms with Crippen molar-refractivity contribution in [3.8, 4) is 0 Å². The molecule has 1 N–H and O–H groups in total. The summed E-state index contributed by atoms with van der Waals surface area (Å²) in [6.07, 6.45) is 4.49. The standard InChI is InChI=1S/C16H30N2O2/c1-6-9-12(4)11-18-13(10-7-2)14(19)17-16(5,8-3)15(18)20/h12-13H,6-11H2,1-5H3,(H,17,19). The van der Waals surface area contributed by atoms with Crippen LogP contribution < -0.4 is 5.32 Å². The van der Waals surface area contributed by atoms with Crippen LogP contribution >= 0.6 is 0 Å². The van der Waals surface area contributed by atoms with Crippen molar-refractivity contribution in [2.24, 2.45) is 5.92 Å². The lowest BCUT2D eigenvalue weighted by atomic mass is 9.89. The molecule has 2 amide bonds. The highest BCUT2D eigenvalue weighted by atomic mass is 16.2. The molecule has 1 rings (SSSR count). The van der Waals surface area contributed by atoms with Gasteiger partial charge in [0.25, 0.3) is 0 Å². The number of rotatable bonds is 7. The van der Waals surface area contributed by atoms with Crippen LogP contribution in [0.3, 0.4) is 0 Å².